The highest BCUT2D eigenvalue weighted by atomic mass is 28.3. The SMILES string of the molecule is CC1=CC(c2ccccc2)=CC1[Si](C)(C)C1C(C)=CC2=C1C=CC=CC2c1ccccc1. The van der Waals surface area contributed by atoms with Crippen LogP contribution in [0.1, 0.15) is 30.9 Å². The van der Waals surface area contributed by atoms with E-state index in [9.17, 15) is 0 Å². The molecule has 0 saturated heterocycles. The topological polar surface area (TPSA) is 0 Å². The normalized spacial score (nSPS) is 24.8. The maximum atomic E-state index is 2.60. The molecule has 0 amide bonds. The van der Waals surface area contributed by atoms with E-state index in [0.29, 0.717) is 17.0 Å². The monoisotopic (exact) mass is 432 g/mol. The van der Waals surface area contributed by atoms with Crippen LogP contribution in [-0.4, -0.2) is 8.07 Å². The lowest BCUT2D eigenvalue weighted by atomic mass is 9.90. The molecule has 0 spiro atoms. The predicted molar refractivity (Wildman–Crippen MR) is 141 cm³/mol. The zero-order valence-corrected chi connectivity index (χ0v) is 20.5. The van der Waals surface area contributed by atoms with Crippen LogP contribution >= 0.6 is 0 Å². The summed E-state index contributed by atoms with van der Waals surface area (Å²) in [6.07, 6.45) is 16.7. The summed E-state index contributed by atoms with van der Waals surface area (Å²) in [5.74, 6) is 0.335. The molecule has 0 aliphatic heterocycles. The summed E-state index contributed by atoms with van der Waals surface area (Å²) in [7, 11) is -1.75. The van der Waals surface area contributed by atoms with Gasteiger partial charge in [0.25, 0.3) is 0 Å². The van der Waals surface area contributed by atoms with Gasteiger partial charge in [-0.05, 0) is 47.2 Å². The third-order valence-corrected chi connectivity index (χ3v) is 12.0. The molecule has 2 aromatic carbocycles. The lowest BCUT2D eigenvalue weighted by molar-refractivity contribution is 1.000. The minimum absolute atomic E-state index is 0.335. The first-order chi connectivity index (χ1) is 15.5. The molecule has 0 aromatic heterocycles. The molecule has 3 atom stereocenters. The Bertz CT molecular complexity index is 1200. The number of hydrogen-bond donors (Lipinski definition) is 0. The van der Waals surface area contributed by atoms with Gasteiger partial charge in [-0.15, -0.1) is 0 Å². The van der Waals surface area contributed by atoms with Crippen molar-refractivity contribution in [2.45, 2.75) is 43.9 Å². The van der Waals surface area contributed by atoms with E-state index < -0.39 is 8.07 Å². The summed E-state index contributed by atoms with van der Waals surface area (Å²) < 4.78 is 0. The number of hydrogen-bond acceptors (Lipinski definition) is 0. The molecule has 0 N–H and O–H groups in total. The Morgan fingerprint density at radius 3 is 2.12 bits per heavy atom. The third kappa shape index (κ3) is 3.55. The largest absolute Gasteiger partial charge is 0.0726 e. The van der Waals surface area contributed by atoms with Crippen molar-refractivity contribution in [3.63, 3.8) is 0 Å². The van der Waals surface area contributed by atoms with Gasteiger partial charge in [0.15, 0.2) is 0 Å². The second kappa shape index (κ2) is 8.22. The quantitative estimate of drug-likeness (QED) is 0.424. The summed E-state index contributed by atoms with van der Waals surface area (Å²) >= 11 is 0. The first kappa shape index (κ1) is 21.0. The number of allylic oxidation sites excluding steroid dienone is 12. The summed E-state index contributed by atoms with van der Waals surface area (Å²) in [6, 6.07) is 21.8. The molecule has 0 radical (unpaired) electrons. The van der Waals surface area contributed by atoms with Crippen molar-refractivity contribution in [1.29, 1.82) is 0 Å². The lowest BCUT2D eigenvalue weighted by Gasteiger charge is -2.38. The molecule has 0 bridgehead atoms. The van der Waals surface area contributed by atoms with Gasteiger partial charge in [0.1, 0.15) is 0 Å². The summed E-state index contributed by atoms with van der Waals surface area (Å²) in [4.78, 5) is 0. The van der Waals surface area contributed by atoms with Crippen molar-refractivity contribution in [1.82, 2.24) is 0 Å². The number of benzene rings is 2. The molecule has 0 nitrogen and oxygen atoms in total. The van der Waals surface area contributed by atoms with Crippen LogP contribution in [-0.2, 0) is 0 Å². The van der Waals surface area contributed by atoms with Crippen LogP contribution in [0.4, 0.5) is 0 Å². The Balaban J connectivity index is 1.55. The summed E-state index contributed by atoms with van der Waals surface area (Å²) in [5, 5.41) is 0. The van der Waals surface area contributed by atoms with Gasteiger partial charge in [-0.25, -0.2) is 0 Å². The van der Waals surface area contributed by atoms with E-state index >= 15 is 0 Å². The smallest absolute Gasteiger partial charge is 0.0714 e. The van der Waals surface area contributed by atoms with Crippen molar-refractivity contribution >= 4 is 13.6 Å². The first-order valence-corrected chi connectivity index (χ1v) is 14.9. The van der Waals surface area contributed by atoms with Gasteiger partial charge in [-0.2, -0.15) is 0 Å². The highest BCUT2D eigenvalue weighted by molar-refractivity contribution is 6.83. The lowest BCUT2D eigenvalue weighted by Crippen LogP contribution is -2.38. The van der Waals surface area contributed by atoms with Crippen LogP contribution in [0.5, 0.6) is 0 Å². The average molecular weight is 433 g/mol. The second-order valence-corrected chi connectivity index (χ2v) is 14.9. The van der Waals surface area contributed by atoms with Crippen molar-refractivity contribution in [2.75, 3.05) is 0 Å². The highest BCUT2D eigenvalue weighted by Crippen LogP contribution is 2.55. The molecule has 3 aliphatic rings. The van der Waals surface area contributed by atoms with E-state index in [1.54, 1.807) is 11.1 Å². The predicted octanol–water partition coefficient (Wildman–Crippen LogP) is 8.65. The molecule has 3 unspecified atom stereocenters. The van der Waals surface area contributed by atoms with Crippen LogP contribution in [0, 0.1) is 0 Å². The molecule has 3 aliphatic carbocycles. The van der Waals surface area contributed by atoms with Gasteiger partial charge in [0.2, 0.25) is 0 Å². The fourth-order valence-electron chi connectivity index (χ4n) is 6.15. The molecular weight excluding hydrogens is 400 g/mol. The molecule has 160 valence electrons. The van der Waals surface area contributed by atoms with Gasteiger partial charge in [-0.1, -0.05) is 127 Å². The zero-order valence-electron chi connectivity index (χ0n) is 19.5. The fraction of sp³-hybridized carbons (Fsp3) is 0.226. The Kier molecular flexibility index (Phi) is 5.39. The van der Waals surface area contributed by atoms with Crippen LogP contribution in [0.2, 0.25) is 24.2 Å². The molecular formula is C31H32Si. The standard InChI is InChI=1S/C31H32Si/c1-22-19-26(24-13-7-5-8-14-24)21-30(22)32(3,4)31-23(2)20-29-27(17-11-12-18-28(29)31)25-15-9-6-10-16-25/h5-21,27,30-31H,1-4H3. The van der Waals surface area contributed by atoms with E-state index in [2.05, 4.69) is 130 Å². The minimum Gasteiger partial charge on any atom is -0.0726 e. The second-order valence-electron chi connectivity index (χ2n) is 10.0. The molecule has 5 rings (SSSR count). The Hall–Kier alpha value is -2.90. The van der Waals surface area contributed by atoms with Crippen molar-refractivity contribution in [2.24, 2.45) is 0 Å². The van der Waals surface area contributed by atoms with Crippen LogP contribution in [0.3, 0.4) is 0 Å². The van der Waals surface area contributed by atoms with Crippen LogP contribution < -0.4 is 0 Å². The maximum Gasteiger partial charge on any atom is 0.0714 e. The van der Waals surface area contributed by atoms with E-state index in [1.807, 2.05) is 0 Å². The van der Waals surface area contributed by atoms with Crippen LogP contribution in [0.25, 0.3) is 5.57 Å². The molecule has 0 fully saturated rings. The van der Waals surface area contributed by atoms with Gasteiger partial charge >= 0.3 is 0 Å². The fourth-order valence-corrected chi connectivity index (χ4v) is 10.7. The Morgan fingerprint density at radius 2 is 1.41 bits per heavy atom. The molecule has 32 heavy (non-hydrogen) atoms. The Morgan fingerprint density at radius 1 is 0.719 bits per heavy atom. The first-order valence-electron chi connectivity index (χ1n) is 11.7. The van der Waals surface area contributed by atoms with Gasteiger partial charge in [-0.3, -0.25) is 0 Å². The van der Waals surface area contributed by atoms with Crippen molar-refractivity contribution in [3.8, 4) is 0 Å². The summed E-state index contributed by atoms with van der Waals surface area (Å²) in [6.45, 7) is 9.90. The third-order valence-electron chi connectivity index (χ3n) is 7.54. The zero-order chi connectivity index (χ0) is 22.3. The van der Waals surface area contributed by atoms with Gasteiger partial charge < -0.3 is 0 Å². The molecule has 2 aromatic rings. The van der Waals surface area contributed by atoms with Crippen molar-refractivity contribution in [3.05, 3.63) is 137 Å². The van der Waals surface area contributed by atoms with E-state index in [-0.39, 0.29) is 0 Å². The van der Waals surface area contributed by atoms with Crippen LogP contribution in [0.15, 0.2) is 125 Å². The molecule has 0 heterocycles. The van der Waals surface area contributed by atoms with E-state index in [0.717, 1.165) is 0 Å². The van der Waals surface area contributed by atoms with Crippen molar-refractivity contribution < 1.29 is 0 Å². The number of rotatable bonds is 4. The minimum atomic E-state index is -1.75. The maximum absolute atomic E-state index is 2.60. The van der Waals surface area contributed by atoms with Gasteiger partial charge in [0.05, 0.1) is 8.07 Å². The summed E-state index contributed by atoms with van der Waals surface area (Å²) in [5.41, 5.74) is 11.3. The molecule has 1 heteroatoms. The van der Waals surface area contributed by atoms with Gasteiger partial charge in [0, 0.05) is 11.5 Å². The molecule has 0 saturated carbocycles. The van der Waals surface area contributed by atoms with E-state index in [4.69, 9.17) is 0 Å². The van der Waals surface area contributed by atoms with E-state index in [1.165, 1.54) is 27.8 Å². The average Bonchev–Trinajstić information content (AvgIpc) is 3.29. The Labute approximate surface area is 194 Å². The highest BCUT2D eigenvalue weighted by Gasteiger charge is 2.45.